The van der Waals surface area contributed by atoms with Gasteiger partial charge in [-0.05, 0) is 49.4 Å². The quantitative estimate of drug-likeness (QED) is 0.431. The van der Waals surface area contributed by atoms with Crippen LogP contribution in [-0.2, 0) is 9.53 Å². The van der Waals surface area contributed by atoms with E-state index in [0.29, 0.717) is 18.3 Å². The van der Waals surface area contributed by atoms with Crippen molar-refractivity contribution in [3.63, 3.8) is 0 Å². The maximum Gasteiger partial charge on any atom is 0.239 e. The highest BCUT2D eigenvalue weighted by atomic mass is 32.2. The van der Waals surface area contributed by atoms with Gasteiger partial charge in [0.2, 0.25) is 5.91 Å². The second-order valence-electron chi connectivity index (χ2n) is 7.30. The van der Waals surface area contributed by atoms with E-state index in [0.717, 1.165) is 53.7 Å². The third-order valence-electron chi connectivity index (χ3n) is 5.11. The fourth-order valence-corrected chi connectivity index (χ4v) is 5.22. The number of aromatic nitrogens is 1. The van der Waals surface area contributed by atoms with E-state index < -0.39 is 0 Å². The number of halogens is 1. The maximum absolute atomic E-state index is 13.2. The molecule has 1 aliphatic heterocycles. The zero-order valence-electron chi connectivity index (χ0n) is 18.0. The minimum atomic E-state index is -0.284. The fraction of sp³-hybridized carbons (Fsp3) is 0.391. The second kappa shape index (κ2) is 11.1. The largest absolute Gasteiger partial charge is 0.494 e. The Morgan fingerprint density at radius 2 is 2.03 bits per heavy atom. The average molecular weight is 476 g/mol. The molecule has 0 aliphatic carbocycles. The molecule has 0 spiro atoms. The van der Waals surface area contributed by atoms with Crippen molar-refractivity contribution >= 4 is 44.4 Å². The molecule has 0 unspecified atom stereocenters. The molecule has 3 aromatic rings. The number of fused-ring (bicyclic) bond motifs is 1. The molecule has 0 radical (unpaired) electrons. The van der Waals surface area contributed by atoms with Gasteiger partial charge in [0.1, 0.15) is 11.6 Å². The molecule has 170 valence electrons. The molecule has 32 heavy (non-hydrogen) atoms. The molecule has 0 bridgehead atoms. The molecule has 1 saturated heterocycles. The van der Waals surface area contributed by atoms with Crippen LogP contribution >= 0.6 is 23.1 Å². The highest BCUT2D eigenvalue weighted by Gasteiger charge is 2.22. The number of carbonyl (C=O) groups is 1. The summed E-state index contributed by atoms with van der Waals surface area (Å²) in [4.78, 5) is 22.9. The normalized spacial score (nSPS) is 14.6. The Labute approximate surface area is 195 Å². The number of thiazole rings is 1. The van der Waals surface area contributed by atoms with Gasteiger partial charge >= 0.3 is 0 Å². The molecule has 6 nitrogen and oxygen atoms in total. The van der Waals surface area contributed by atoms with Crippen LogP contribution in [0.3, 0.4) is 0 Å². The zero-order valence-corrected chi connectivity index (χ0v) is 19.6. The van der Waals surface area contributed by atoms with Crippen LogP contribution in [0.2, 0.25) is 0 Å². The number of hydrogen-bond donors (Lipinski definition) is 0. The summed E-state index contributed by atoms with van der Waals surface area (Å²) in [5.41, 5.74) is 0.851. The van der Waals surface area contributed by atoms with E-state index in [-0.39, 0.29) is 17.5 Å². The number of ether oxygens (including phenoxy) is 2. The Hall–Kier alpha value is -2.20. The lowest BCUT2D eigenvalue weighted by molar-refractivity contribution is -0.116. The van der Waals surface area contributed by atoms with Crippen LogP contribution in [0, 0.1) is 5.82 Å². The second-order valence-corrected chi connectivity index (χ2v) is 9.36. The van der Waals surface area contributed by atoms with Gasteiger partial charge in [0.25, 0.3) is 0 Å². The van der Waals surface area contributed by atoms with Crippen LogP contribution in [0.15, 0.2) is 47.4 Å². The van der Waals surface area contributed by atoms with Crippen LogP contribution in [0.1, 0.15) is 6.92 Å². The van der Waals surface area contributed by atoms with Gasteiger partial charge < -0.3 is 9.47 Å². The summed E-state index contributed by atoms with van der Waals surface area (Å²) in [6, 6.07) is 12.0. The lowest BCUT2D eigenvalue weighted by Gasteiger charge is -2.29. The van der Waals surface area contributed by atoms with E-state index in [2.05, 4.69) is 4.90 Å². The standard InChI is InChI=1S/C23H26FN3O3S2/c1-2-30-18-5-8-20-21(15-18)32-23(25-20)27(10-9-26-11-13-29-14-12-26)22(28)16-31-19-6-3-17(24)4-7-19/h3-8,15H,2,9-14,16H2,1H3. The Morgan fingerprint density at radius 1 is 1.25 bits per heavy atom. The van der Waals surface area contributed by atoms with Crippen LogP contribution in [0.5, 0.6) is 5.75 Å². The third kappa shape index (κ3) is 5.98. The third-order valence-corrected chi connectivity index (χ3v) is 7.15. The molecule has 4 rings (SSSR count). The maximum atomic E-state index is 13.2. The lowest BCUT2D eigenvalue weighted by Crippen LogP contribution is -2.43. The van der Waals surface area contributed by atoms with Gasteiger partial charge in [-0.2, -0.15) is 0 Å². The van der Waals surface area contributed by atoms with Gasteiger partial charge in [-0.3, -0.25) is 14.6 Å². The number of thioether (sulfide) groups is 1. The summed E-state index contributed by atoms with van der Waals surface area (Å²) < 4.78 is 25.2. The number of anilines is 1. The van der Waals surface area contributed by atoms with Gasteiger partial charge in [-0.15, -0.1) is 11.8 Å². The van der Waals surface area contributed by atoms with E-state index in [1.165, 1.54) is 35.2 Å². The molecule has 2 aromatic carbocycles. The molecule has 0 N–H and O–H groups in total. The van der Waals surface area contributed by atoms with Gasteiger partial charge in [-0.25, -0.2) is 9.37 Å². The van der Waals surface area contributed by atoms with Crippen molar-refractivity contribution in [1.82, 2.24) is 9.88 Å². The number of morpholine rings is 1. The van der Waals surface area contributed by atoms with Crippen LogP contribution < -0.4 is 9.64 Å². The van der Waals surface area contributed by atoms with E-state index in [1.807, 2.05) is 25.1 Å². The molecular formula is C23H26FN3O3S2. The summed E-state index contributed by atoms with van der Waals surface area (Å²) in [6.07, 6.45) is 0. The van der Waals surface area contributed by atoms with Crippen molar-refractivity contribution in [2.75, 3.05) is 56.7 Å². The summed E-state index contributed by atoms with van der Waals surface area (Å²) in [7, 11) is 0. The van der Waals surface area contributed by atoms with E-state index >= 15 is 0 Å². The highest BCUT2D eigenvalue weighted by molar-refractivity contribution is 8.00. The number of hydrogen-bond acceptors (Lipinski definition) is 7. The highest BCUT2D eigenvalue weighted by Crippen LogP contribution is 2.32. The van der Waals surface area contributed by atoms with E-state index in [1.54, 1.807) is 17.0 Å². The van der Waals surface area contributed by atoms with Crippen LogP contribution in [0.4, 0.5) is 9.52 Å². The van der Waals surface area contributed by atoms with E-state index in [9.17, 15) is 9.18 Å². The summed E-state index contributed by atoms with van der Waals surface area (Å²) in [5, 5.41) is 0.687. The van der Waals surface area contributed by atoms with Crippen molar-refractivity contribution in [2.24, 2.45) is 0 Å². The Balaban J connectivity index is 1.51. The lowest BCUT2D eigenvalue weighted by atomic mass is 10.3. The van der Waals surface area contributed by atoms with Gasteiger partial charge in [0.15, 0.2) is 5.13 Å². The summed E-state index contributed by atoms with van der Waals surface area (Å²) >= 11 is 2.90. The molecule has 1 fully saturated rings. The zero-order chi connectivity index (χ0) is 22.3. The Kier molecular flexibility index (Phi) is 7.96. The SMILES string of the molecule is CCOc1ccc2nc(N(CCN3CCOCC3)C(=O)CSc3ccc(F)cc3)sc2c1. The number of amides is 1. The molecule has 1 aliphatic rings. The number of nitrogens with zero attached hydrogens (tertiary/aromatic N) is 3. The molecular weight excluding hydrogens is 449 g/mol. The predicted octanol–water partition coefficient (Wildman–Crippen LogP) is 4.29. The van der Waals surface area contributed by atoms with Crippen LogP contribution in [0.25, 0.3) is 10.2 Å². The molecule has 1 aromatic heterocycles. The van der Waals surface area contributed by atoms with Crippen molar-refractivity contribution in [3.8, 4) is 5.75 Å². The monoisotopic (exact) mass is 475 g/mol. The first-order valence-corrected chi connectivity index (χ1v) is 12.4. The van der Waals surface area contributed by atoms with Gasteiger partial charge in [-0.1, -0.05) is 11.3 Å². The first-order chi connectivity index (χ1) is 15.6. The number of rotatable bonds is 9. The summed E-state index contributed by atoms with van der Waals surface area (Å²) in [5.74, 6) is 0.758. The summed E-state index contributed by atoms with van der Waals surface area (Å²) in [6.45, 7) is 7.03. The Morgan fingerprint density at radius 3 is 2.78 bits per heavy atom. The molecule has 1 amide bonds. The van der Waals surface area contributed by atoms with Crippen molar-refractivity contribution in [1.29, 1.82) is 0 Å². The molecule has 2 heterocycles. The molecule has 0 atom stereocenters. The van der Waals surface area contributed by atoms with Crippen LogP contribution in [-0.4, -0.2) is 67.5 Å². The number of benzene rings is 2. The average Bonchev–Trinajstić information content (AvgIpc) is 3.23. The van der Waals surface area contributed by atoms with Crippen molar-refractivity contribution in [2.45, 2.75) is 11.8 Å². The fourth-order valence-electron chi connectivity index (χ4n) is 3.41. The molecule has 9 heteroatoms. The first-order valence-electron chi connectivity index (χ1n) is 10.6. The van der Waals surface area contributed by atoms with Crippen molar-refractivity contribution < 1.29 is 18.7 Å². The minimum absolute atomic E-state index is 0.0170. The van der Waals surface area contributed by atoms with E-state index in [4.69, 9.17) is 14.5 Å². The first kappa shape index (κ1) is 23.0. The molecule has 0 saturated carbocycles. The Bertz CT molecular complexity index is 1040. The minimum Gasteiger partial charge on any atom is -0.494 e. The predicted molar refractivity (Wildman–Crippen MR) is 128 cm³/mol. The number of carbonyl (C=O) groups excluding carboxylic acids is 1. The van der Waals surface area contributed by atoms with Gasteiger partial charge in [0, 0.05) is 31.1 Å². The van der Waals surface area contributed by atoms with Crippen molar-refractivity contribution in [3.05, 3.63) is 48.3 Å². The smallest absolute Gasteiger partial charge is 0.239 e. The van der Waals surface area contributed by atoms with Gasteiger partial charge in [0.05, 0.1) is 35.8 Å². The topological polar surface area (TPSA) is 54.9 Å².